The molecule has 1 amide bonds. The Morgan fingerprint density at radius 1 is 1.12 bits per heavy atom. The van der Waals surface area contributed by atoms with E-state index in [4.69, 9.17) is 9.47 Å². The fraction of sp³-hybridized carbons (Fsp3) is 0.412. The molecule has 1 fully saturated rings. The molecule has 2 heterocycles. The number of benzene rings is 1. The van der Waals surface area contributed by atoms with Crippen molar-refractivity contribution in [3.63, 3.8) is 0 Å². The number of hydrogen-bond donors (Lipinski definition) is 0. The Balaban J connectivity index is 1.47. The van der Waals surface area contributed by atoms with Crippen molar-refractivity contribution in [1.29, 1.82) is 0 Å². The largest absolute Gasteiger partial charge is 0.497 e. The standard InChI is InChI=1S/C17H22N4O3/c1-19-8-7-18-17(19)21-11-9-20(10-12-21)16(22)13-24-15-5-3-14(23-2)4-6-15/h3-8H,9-13H2,1-2H3. The second kappa shape index (κ2) is 7.25. The van der Waals surface area contributed by atoms with Crippen molar-refractivity contribution in [2.75, 3.05) is 44.8 Å². The van der Waals surface area contributed by atoms with E-state index in [1.807, 2.05) is 34.8 Å². The van der Waals surface area contributed by atoms with Gasteiger partial charge < -0.3 is 23.8 Å². The van der Waals surface area contributed by atoms with Gasteiger partial charge in [0.1, 0.15) is 11.5 Å². The minimum atomic E-state index is 0.00492. The molecule has 0 saturated carbocycles. The van der Waals surface area contributed by atoms with Crippen LogP contribution in [0.15, 0.2) is 36.7 Å². The van der Waals surface area contributed by atoms with Crippen LogP contribution < -0.4 is 14.4 Å². The molecule has 7 nitrogen and oxygen atoms in total. The van der Waals surface area contributed by atoms with E-state index in [2.05, 4.69) is 9.88 Å². The lowest BCUT2D eigenvalue weighted by Gasteiger charge is -2.35. The van der Waals surface area contributed by atoms with Crippen LogP contribution in [0, 0.1) is 0 Å². The third kappa shape index (κ3) is 3.61. The number of aromatic nitrogens is 2. The Bertz CT molecular complexity index is 675. The highest BCUT2D eigenvalue weighted by Gasteiger charge is 2.23. The number of anilines is 1. The van der Waals surface area contributed by atoms with Gasteiger partial charge in [-0.3, -0.25) is 4.79 Å². The molecule has 0 unspecified atom stereocenters. The number of nitrogens with zero attached hydrogens (tertiary/aromatic N) is 4. The molecule has 2 aromatic rings. The summed E-state index contributed by atoms with van der Waals surface area (Å²) in [4.78, 5) is 20.7. The van der Waals surface area contributed by atoms with Crippen molar-refractivity contribution in [3.8, 4) is 11.5 Å². The number of imidazole rings is 1. The van der Waals surface area contributed by atoms with Crippen molar-refractivity contribution in [3.05, 3.63) is 36.7 Å². The van der Waals surface area contributed by atoms with Gasteiger partial charge >= 0.3 is 0 Å². The van der Waals surface area contributed by atoms with Crippen LogP contribution in [-0.2, 0) is 11.8 Å². The normalized spacial score (nSPS) is 14.6. The topological polar surface area (TPSA) is 59.8 Å². The van der Waals surface area contributed by atoms with Crippen molar-refractivity contribution in [1.82, 2.24) is 14.5 Å². The SMILES string of the molecule is COc1ccc(OCC(=O)N2CCN(c3nccn3C)CC2)cc1. The molecule has 0 aliphatic carbocycles. The van der Waals surface area contributed by atoms with Gasteiger partial charge in [0.05, 0.1) is 7.11 Å². The monoisotopic (exact) mass is 330 g/mol. The number of ether oxygens (including phenoxy) is 2. The number of aryl methyl sites for hydroxylation is 1. The van der Waals surface area contributed by atoms with Crippen LogP contribution in [0.1, 0.15) is 0 Å². The maximum absolute atomic E-state index is 12.3. The highest BCUT2D eigenvalue weighted by atomic mass is 16.5. The van der Waals surface area contributed by atoms with Crippen LogP contribution in [0.3, 0.4) is 0 Å². The lowest BCUT2D eigenvalue weighted by Crippen LogP contribution is -2.50. The van der Waals surface area contributed by atoms with E-state index in [1.54, 1.807) is 25.4 Å². The van der Waals surface area contributed by atoms with Gasteiger partial charge in [-0.2, -0.15) is 0 Å². The molecule has 0 atom stereocenters. The zero-order valence-corrected chi connectivity index (χ0v) is 14.0. The zero-order valence-electron chi connectivity index (χ0n) is 14.0. The fourth-order valence-electron chi connectivity index (χ4n) is 2.73. The Labute approximate surface area is 141 Å². The molecular weight excluding hydrogens is 308 g/mol. The Morgan fingerprint density at radius 3 is 2.38 bits per heavy atom. The Kier molecular flexibility index (Phi) is 4.88. The molecule has 1 aliphatic heterocycles. The molecule has 1 aliphatic rings. The smallest absolute Gasteiger partial charge is 0.260 e. The molecule has 0 bridgehead atoms. The molecule has 24 heavy (non-hydrogen) atoms. The van der Waals surface area contributed by atoms with Crippen LogP contribution in [-0.4, -0.2) is 60.3 Å². The first-order valence-electron chi connectivity index (χ1n) is 7.94. The summed E-state index contributed by atoms with van der Waals surface area (Å²) in [5.74, 6) is 2.37. The predicted molar refractivity (Wildman–Crippen MR) is 90.5 cm³/mol. The molecule has 7 heteroatoms. The maximum Gasteiger partial charge on any atom is 0.260 e. The van der Waals surface area contributed by atoms with Gasteiger partial charge in [-0.05, 0) is 24.3 Å². The molecule has 0 spiro atoms. The quantitative estimate of drug-likeness (QED) is 0.823. The summed E-state index contributed by atoms with van der Waals surface area (Å²) in [5.41, 5.74) is 0. The van der Waals surface area contributed by atoms with Gasteiger partial charge in [0.2, 0.25) is 5.95 Å². The summed E-state index contributed by atoms with van der Waals surface area (Å²) in [6.45, 7) is 2.96. The third-order valence-corrected chi connectivity index (χ3v) is 4.13. The van der Waals surface area contributed by atoms with Gasteiger partial charge in [0, 0.05) is 45.6 Å². The van der Waals surface area contributed by atoms with Gasteiger partial charge in [-0.25, -0.2) is 4.98 Å². The number of rotatable bonds is 5. The van der Waals surface area contributed by atoms with Gasteiger partial charge in [-0.1, -0.05) is 0 Å². The number of carbonyl (C=O) groups is 1. The second-order valence-corrected chi connectivity index (χ2v) is 5.67. The highest BCUT2D eigenvalue weighted by Crippen LogP contribution is 2.17. The number of piperazine rings is 1. The predicted octanol–water partition coefficient (Wildman–Crippen LogP) is 1.16. The summed E-state index contributed by atoms with van der Waals surface area (Å²) in [5, 5.41) is 0. The van der Waals surface area contributed by atoms with E-state index >= 15 is 0 Å². The molecule has 3 rings (SSSR count). The summed E-state index contributed by atoms with van der Waals surface area (Å²) < 4.78 is 12.6. The lowest BCUT2D eigenvalue weighted by molar-refractivity contribution is -0.133. The molecule has 1 aromatic carbocycles. The first kappa shape index (κ1) is 16.2. The molecule has 1 saturated heterocycles. The second-order valence-electron chi connectivity index (χ2n) is 5.67. The summed E-state index contributed by atoms with van der Waals surface area (Å²) >= 11 is 0. The van der Waals surface area contributed by atoms with Crippen LogP contribution in [0.25, 0.3) is 0 Å². The number of hydrogen-bond acceptors (Lipinski definition) is 5. The van der Waals surface area contributed by atoms with Gasteiger partial charge in [-0.15, -0.1) is 0 Å². The third-order valence-electron chi connectivity index (χ3n) is 4.13. The fourth-order valence-corrected chi connectivity index (χ4v) is 2.73. The summed E-state index contributed by atoms with van der Waals surface area (Å²) in [7, 11) is 3.59. The number of methoxy groups -OCH3 is 1. The first-order valence-corrected chi connectivity index (χ1v) is 7.94. The Hall–Kier alpha value is -2.70. The average Bonchev–Trinajstić information content (AvgIpc) is 3.06. The summed E-state index contributed by atoms with van der Waals surface area (Å²) in [6, 6.07) is 7.22. The van der Waals surface area contributed by atoms with Crippen LogP contribution in [0.4, 0.5) is 5.95 Å². The first-order chi connectivity index (χ1) is 11.7. The Morgan fingerprint density at radius 2 is 1.79 bits per heavy atom. The van der Waals surface area contributed by atoms with E-state index in [1.165, 1.54) is 0 Å². The number of amides is 1. The van der Waals surface area contributed by atoms with Crippen LogP contribution in [0.5, 0.6) is 11.5 Å². The maximum atomic E-state index is 12.3. The van der Waals surface area contributed by atoms with Crippen molar-refractivity contribution >= 4 is 11.9 Å². The van der Waals surface area contributed by atoms with Gasteiger partial charge in [0.25, 0.3) is 5.91 Å². The van der Waals surface area contributed by atoms with E-state index in [0.29, 0.717) is 18.8 Å². The summed E-state index contributed by atoms with van der Waals surface area (Å²) in [6.07, 6.45) is 3.71. The van der Waals surface area contributed by atoms with E-state index < -0.39 is 0 Å². The van der Waals surface area contributed by atoms with Crippen LogP contribution >= 0.6 is 0 Å². The van der Waals surface area contributed by atoms with Gasteiger partial charge in [0.15, 0.2) is 6.61 Å². The minimum absolute atomic E-state index is 0.00492. The number of carbonyl (C=O) groups excluding carboxylic acids is 1. The van der Waals surface area contributed by atoms with Crippen molar-refractivity contribution in [2.24, 2.45) is 7.05 Å². The van der Waals surface area contributed by atoms with Crippen LogP contribution in [0.2, 0.25) is 0 Å². The average molecular weight is 330 g/mol. The molecule has 0 N–H and O–H groups in total. The molecule has 0 radical (unpaired) electrons. The highest BCUT2D eigenvalue weighted by molar-refractivity contribution is 5.78. The van der Waals surface area contributed by atoms with Crippen molar-refractivity contribution in [2.45, 2.75) is 0 Å². The van der Waals surface area contributed by atoms with E-state index in [-0.39, 0.29) is 12.5 Å². The molecular formula is C17H22N4O3. The van der Waals surface area contributed by atoms with E-state index in [9.17, 15) is 4.79 Å². The van der Waals surface area contributed by atoms with Crippen molar-refractivity contribution < 1.29 is 14.3 Å². The molecule has 1 aromatic heterocycles. The lowest BCUT2D eigenvalue weighted by atomic mass is 10.3. The zero-order chi connectivity index (χ0) is 16.9. The minimum Gasteiger partial charge on any atom is -0.497 e. The van der Waals surface area contributed by atoms with E-state index in [0.717, 1.165) is 24.8 Å². The molecule has 128 valence electrons.